The normalized spacial score (nSPS) is 12.7. The fourth-order valence-electron chi connectivity index (χ4n) is 4.57. The molecule has 16 heteroatoms. The number of nitrogens with two attached hydrogens (primary N) is 2. The Balaban J connectivity index is 1.70. The number of hydrogen-bond acceptors (Lipinski definition) is 11. The zero-order valence-corrected chi connectivity index (χ0v) is 25.6. The van der Waals surface area contributed by atoms with Gasteiger partial charge in [-0.1, -0.05) is 43.5 Å². The molecule has 4 rings (SSSR count). The molecule has 1 atom stereocenters. The monoisotopic (exact) mass is 661 g/mol. The van der Waals surface area contributed by atoms with E-state index in [2.05, 4.69) is 15.4 Å². The number of benzene rings is 1. The first-order valence-corrected chi connectivity index (χ1v) is 14.2. The summed E-state index contributed by atoms with van der Waals surface area (Å²) in [7, 11) is 0. The second-order valence-corrected chi connectivity index (χ2v) is 11.0. The smallest absolute Gasteiger partial charge is 0.389 e. The van der Waals surface area contributed by atoms with Crippen LogP contribution in [-0.2, 0) is 17.3 Å². The average Bonchev–Trinajstić information content (AvgIpc) is 3.39. The molecule has 45 heavy (non-hydrogen) atoms. The summed E-state index contributed by atoms with van der Waals surface area (Å²) in [5.74, 6) is 4.21. The van der Waals surface area contributed by atoms with Gasteiger partial charge in [0, 0.05) is 41.4 Å². The topological polar surface area (TPSA) is 206 Å². The molecule has 4 aromatic rings. The molecule has 0 bridgehead atoms. The molecule has 0 fully saturated rings. The maximum absolute atomic E-state index is 15.2. The first-order valence-electron chi connectivity index (χ1n) is 13.5. The lowest BCUT2D eigenvalue weighted by Gasteiger charge is -2.19. The van der Waals surface area contributed by atoms with E-state index in [-0.39, 0.29) is 67.9 Å². The van der Waals surface area contributed by atoms with E-state index in [0.717, 1.165) is 30.0 Å². The van der Waals surface area contributed by atoms with Gasteiger partial charge in [0.1, 0.15) is 16.6 Å². The van der Waals surface area contributed by atoms with Crippen molar-refractivity contribution in [2.75, 3.05) is 10.3 Å². The number of hydrazine groups is 1. The zero-order chi connectivity index (χ0) is 33.1. The first-order chi connectivity index (χ1) is 21.2. The maximum Gasteiger partial charge on any atom is 0.389 e. The maximum atomic E-state index is 15.2. The predicted molar refractivity (Wildman–Crippen MR) is 166 cm³/mol. The molecular weight excluding hydrogens is 632 g/mol. The molecule has 0 saturated heterocycles. The van der Waals surface area contributed by atoms with Gasteiger partial charge in [0.05, 0.1) is 40.6 Å². The number of aromatic nitrogens is 3. The van der Waals surface area contributed by atoms with Gasteiger partial charge in [0.15, 0.2) is 11.2 Å². The summed E-state index contributed by atoms with van der Waals surface area (Å²) in [5.41, 5.74) is 5.59. The fourth-order valence-corrected chi connectivity index (χ4v) is 4.84. The number of halogens is 3. The van der Waals surface area contributed by atoms with Crippen LogP contribution < -0.4 is 27.3 Å². The zero-order valence-electron chi connectivity index (χ0n) is 24.0. The van der Waals surface area contributed by atoms with Crippen molar-refractivity contribution in [3.8, 4) is 22.6 Å². The van der Waals surface area contributed by atoms with E-state index in [4.69, 9.17) is 39.2 Å². The number of hydrogen-bond donors (Lipinski definition) is 6. The second kappa shape index (κ2) is 13.8. The molecule has 1 aromatic carbocycles. The highest BCUT2D eigenvalue weighted by molar-refractivity contribution is 6.31. The molecule has 0 spiro atoms. The number of carbonyl (C=O) groups is 1. The standard InChI is InChI=1S/C29H30Cl2FN7O6/c1-3-4-15(2)28(41)37-20-12-36-39(29(42,43)44)27(20)16-7-8-35-18(9-16)10-17-14-45-23(11-22(17)40)25-21(38(34)13-24(31)33)6-5-19(30)26(25)32/h5-9,11-15,42-44H,3-4,10,33-34H2,1-2H3,(H,37,41)/b24-13-. The van der Waals surface area contributed by atoms with Gasteiger partial charge in [-0.05, 0) is 30.7 Å². The lowest BCUT2D eigenvalue weighted by atomic mass is 10.0. The summed E-state index contributed by atoms with van der Waals surface area (Å²) in [6, 6.07) is 6.72. The van der Waals surface area contributed by atoms with Gasteiger partial charge in [-0.25, -0.2) is 10.2 Å². The Bertz CT molecular complexity index is 1800. The summed E-state index contributed by atoms with van der Waals surface area (Å²) >= 11 is 11.7. The van der Waals surface area contributed by atoms with Gasteiger partial charge < -0.3 is 30.8 Å². The Kier molecular flexibility index (Phi) is 10.3. The van der Waals surface area contributed by atoms with Crippen LogP contribution in [0.3, 0.4) is 0 Å². The molecular formula is C29H30Cl2FN7O6. The molecule has 8 N–H and O–H groups in total. The van der Waals surface area contributed by atoms with Gasteiger partial charge in [-0.3, -0.25) is 19.6 Å². The quantitative estimate of drug-likeness (QED) is 0.0593. The van der Waals surface area contributed by atoms with Crippen LogP contribution in [0.15, 0.2) is 69.6 Å². The highest BCUT2D eigenvalue weighted by atomic mass is 35.5. The SMILES string of the molecule is CCCC(C)C(=O)Nc1cnn(C(O)(O)O)c1-c1ccnc(Cc2coc(-c3c(N(N)/C=C(\N)Cl)ccc(Cl)c3F)cc2=O)c1. The summed E-state index contributed by atoms with van der Waals surface area (Å²) in [6.45, 7) is 3.69. The van der Waals surface area contributed by atoms with Crippen LogP contribution in [0.5, 0.6) is 0 Å². The number of rotatable bonds is 11. The largest absolute Gasteiger partial charge is 0.464 e. The average molecular weight is 663 g/mol. The van der Waals surface area contributed by atoms with E-state index >= 15 is 4.39 Å². The van der Waals surface area contributed by atoms with E-state index in [1.54, 1.807) is 6.92 Å². The van der Waals surface area contributed by atoms with E-state index in [0.29, 0.717) is 16.8 Å². The molecule has 3 heterocycles. The Morgan fingerprint density at radius 3 is 2.67 bits per heavy atom. The number of nitrogens with one attached hydrogen (secondary N) is 1. The number of pyridine rings is 1. The number of anilines is 2. The molecule has 238 valence electrons. The fraction of sp³-hybridized carbons (Fsp3) is 0.241. The minimum absolute atomic E-state index is 0.0347. The first kappa shape index (κ1) is 33.6. The molecule has 0 saturated carbocycles. The Labute approximate surface area is 266 Å². The van der Waals surface area contributed by atoms with Crippen LogP contribution in [0.25, 0.3) is 22.6 Å². The van der Waals surface area contributed by atoms with Crippen LogP contribution in [0.1, 0.15) is 37.9 Å². The van der Waals surface area contributed by atoms with Crippen LogP contribution in [0.2, 0.25) is 5.02 Å². The van der Waals surface area contributed by atoms with E-state index in [9.17, 15) is 24.9 Å². The summed E-state index contributed by atoms with van der Waals surface area (Å²) in [6.07, 6.45) is 2.74. The van der Waals surface area contributed by atoms with E-state index < -0.39 is 17.3 Å². The number of aliphatic hydroxyl groups is 3. The Morgan fingerprint density at radius 2 is 2.02 bits per heavy atom. The van der Waals surface area contributed by atoms with Crippen molar-refractivity contribution in [3.05, 3.63) is 92.7 Å². The van der Waals surface area contributed by atoms with Crippen molar-refractivity contribution in [3.63, 3.8) is 0 Å². The van der Waals surface area contributed by atoms with Crippen LogP contribution in [-0.4, -0.2) is 36.0 Å². The molecule has 0 aliphatic heterocycles. The third-order valence-electron chi connectivity index (χ3n) is 6.71. The second-order valence-electron chi connectivity index (χ2n) is 10.1. The van der Waals surface area contributed by atoms with Crippen molar-refractivity contribution in [2.24, 2.45) is 17.5 Å². The molecule has 0 radical (unpaired) electrons. The number of nitrogens with zero attached hydrogens (tertiary/aromatic N) is 4. The molecule has 13 nitrogen and oxygen atoms in total. The molecule has 0 aliphatic rings. The number of amides is 1. The van der Waals surface area contributed by atoms with Gasteiger partial charge >= 0.3 is 6.10 Å². The van der Waals surface area contributed by atoms with Crippen molar-refractivity contribution >= 4 is 40.5 Å². The van der Waals surface area contributed by atoms with E-state index in [1.165, 1.54) is 36.7 Å². The molecule has 3 aromatic heterocycles. The Morgan fingerprint density at radius 1 is 1.29 bits per heavy atom. The number of carbonyl (C=O) groups excluding carboxylic acids is 1. The molecule has 1 unspecified atom stereocenters. The van der Waals surface area contributed by atoms with Crippen molar-refractivity contribution < 1.29 is 28.9 Å². The van der Waals surface area contributed by atoms with Gasteiger partial charge in [-0.2, -0.15) is 9.78 Å². The highest BCUT2D eigenvalue weighted by Gasteiger charge is 2.30. The minimum atomic E-state index is -3.40. The van der Waals surface area contributed by atoms with Crippen molar-refractivity contribution in [1.29, 1.82) is 0 Å². The molecule has 0 aliphatic carbocycles. The van der Waals surface area contributed by atoms with Crippen LogP contribution in [0.4, 0.5) is 15.8 Å². The van der Waals surface area contributed by atoms with Crippen LogP contribution in [0, 0.1) is 11.7 Å². The highest BCUT2D eigenvalue weighted by Crippen LogP contribution is 2.36. The summed E-state index contributed by atoms with van der Waals surface area (Å²) < 4.78 is 21.3. The van der Waals surface area contributed by atoms with Gasteiger partial charge in [0.2, 0.25) is 5.91 Å². The van der Waals surface area contributed by atoms with Gasteiger partial charge in [-0.15, -0.1) is 0 Å². The van der Waals surface area contributed by atoms with Crippen molar-refractivity contribution in [2.45, 2.75) is 39.2 Å². The molecule has 1 amide bonds. The Hall–Kier alpha value is -4.31. The summed E-state index contributed by atoms with van der Waals surface area (Å²) in [5, 5.41) is 36.9. The predicted octanol–water partition coefficient (Wildman–Crippen LogP) is 3.54. The van der Waals surface area contributed by atoms with Crippen LogP contribution >= 0.6 is 23.2 Å². The third kappa shape index (κ3) is 7.68. The third-order valence-corrected chi connectivity index (χ3v) is 7.10. The van der Waals surface area contributed by atoms with E-state index in [1.807, 2.05) is 6.92 Å². The van der Waals surface area contributed by atoms with Crippen molar-refractivity contribution in [1.82, 2.24) is 14.8 Å². The minimum Gasteiger partial charge on any atom is -0.464 e. The lowest BCUT2D eigenvalue weighted by Crippen LogP contribution is -2.34. The van der Waals surface area contributed by atoms with Gasteiger partial charge in [0.25, 0.3) is 0 Å². The summed E-state index contributed by atoms with van der Waals surface area (Å²) in [4.78, 5) is 30.2. The lowest BCUT2D eigenvalue weighted by molar-refractivity contribution is -0.379.